The number of nitrogens with two attached hydrogens (primary N) is 1. The van der Waals surface area contributed by atoms with Crippen molar-refractivity contribution in [2.45, 2.75) is 22.7 Å². The third kappa shape index (κ3) is 4.79. The molecule has 16 heteroatoms. The van der Waals surface area contributed by atoms with Gasteiger partial charge < -0.3 is 21.3 Å². The molecule has 0 radical (unpaired) electrons. The van der Waals surface area contributed by atoms with Gasteiger partial charge in [-0.25, -0.2) is 14.6 Å². The van der Waals surface area contributed by atoms with E-state index >= 15 is 0 Å². The Hall–Kier alpha value is -2.95. The average molecular weight is 541 g/mol. The van der Waals surface area contributed by atoms with E-state index in [1.54, 1.807) is 0 Å². The summed E-state index contributed by atoms with van der Waals surface area (Å²) in [6.07, 6.45) is 0.686. The van der Waals surface area contributed by atoms with Gasteiger partial charge in [0.1, 0.15) is 22.1 Å². The number of thiazole rings is 1. The maximum Gasteiger partial charge on any atom is 0.352 e. The number of hydrogen-bond donors (Lipinski definition) is 4. The monoisotopic (exact) mass is 540 g/mol. The number of aryl methyl sites for hydroxylation is 1. The first kappa shape index (κ1) is 24.2. The van der Waals surface area contributed by atoms with Gasteiger partial charge in [0.25, 0.3) is 11.8 Å². The number of β-lactam (4-membered cyclic amide) rings is 1. The van der Waals surface area contributed by atoms with Crippen LogP contribution in [0.5, 0.6) is 0 Å². The van der Waals surface area contributed by atoms with E-state index < -0.39 is 35.2 Å². The zero-order valence-corrected chi connectivity index (χ0v) is 20.5. The number of hydrogen-bond acceptors (Lipinski definition) is 12. The van der Waals surface area contributed by atoms with Crippen molar-refractivity contribution in [3.8, 4) is 0 Å². The average Bonchev–Trinajstić information content (AvgIpc) is 3.40. The molecule has 12 nitrogen and oxygen atoms in total. The van der Waals surface area contributed by atoms with Crippen LogP contribution in [0.15, 0.2) is 27.1 Å². The second-order valence-corrected chi connectivity index (χ2v) is 11.4. The maximum absolute atomic E-state index is 12.9. The minimum Gasteiger partial charge on any atom is -0.478 e. The molecule has 2 aromatic rings. The number of aliphatic carboxylic acids is 2. The lowest BCUT2D eigenvalue weighted by Gasteiger charge is -2.49. The summed E-state index contributed by atoms with van der Waals surface area (Å²) in [5, 5.41) is 31.1. The summed E-state index contributed by atoms with van der Waals surface area (Å²) in [7, 11) is 0. The van der Waals surface area contributed by atoms with Gasteiger partial charge in [-0.3, -0.25) is 14.5 Å². The van der Waals surface area contributed by atoms with Crippen LogP contribution in [0.2, 0.25) is 0 Å². The number of fused-ring (bicyclic) bond motifs is 1. The molecule has 2 atom stereocenters. The number of aromatic nitrogens is 3. The van der Waals surface area contributed by atoms with Crippen LogP contribution in [0.1, 0.15) is 10.7 Å². The summed E-state index contributed by atoms with van der Waals surface area (Å²) in [6, 6.07) is -1.01. The van der Waals surface area contributed by atoms with E-state index in [0.717, 1.165) is 21.2 Å². The highest BCUT2D eigenvalue weighted by molar-refractivity contribution is 8.01. The van der Waals surface area contributed by atoms with Crippen LogP contribution in [-0.2, 0) is 19.2 Å². The van der Waals surface area contributed by atoms with Gasteiger partial charge in [0.15, 0.2) is 9.47 Å². The Labute approximate surface area is 208 Å². The minimum absolute atomic E-state index is 0.0691. The maximum atomic E-state index is 12.9. The highest BCUT2D eigenvalue weighted by atomic mass is 32.2. The lowest BCUT2D eigenvalue weighted by molar-refractivity contribution is -0.150. The second kappa shape index (κ2) is 9.73. The topological polar surface area (TPSA) is 189 Å². The van der Waals surface area contributed by atoms with Crippen molar-refractivity contribution < 1.29 is 29.4 Å². The van der Waals surface area contributed by atoms with E-state index in [1.165, 1.54) is 40.2 Å². The number of anilines is 1. The summed E-state index contributed by atoms with van der Waals surface area (Å²) < 4.78 is 0.697. The SMILES string of the molecule is Cc1nnc(SCC2=C(C(=O)O)N3C(=O)C(NC(=O)/C(=C/C(=O)O)c4csc(N)n4)C3SC2)s1. The Balaban J connectivity index is 1.50. The molecule has 2 unspecified atom stereocenters. The van der Waals surface area contributed by atoms with Crippen molar-refractivity contribution >= 4 is 80.7 Å². The van der Waals surface area contributed by atoms with Crippen molar-refractivity contribution in [3.05, 3.63) is 33.4 Å². The molecule has 0 saturated carbocycles. The van der Waals surface area contributed by atoms with Crippen LogP contribution in [0.3, 0.4) is 0 Å². The Kier molecular flexibility index (Phi) is 6.92. The van der Waals surface area contributed by atoms with Gasteiger partial charge in [-0.05, 0) is 12.5 Å². The molecule has 5 N–H and O–H groups in total. The molecule has 4 rings (SSSR count). The van der Waals surface area contributed by atoms with Gasteiger partial charge in [-0.1, -0.05) is 23.1 Å². The van der Waals surface area contributed by atoms with Gasteiger partial charge in [-0.2, -0.15) is 0 Å². The molecule has 34 heavy (non-hydrogen) atoms. The molecule has 1 saturated heterocycles. The van der Waals surface area contributed by atoms with Crippen LogP contribution < -0.4 is 11.1 Å². The molecular weight excluding hydrogens is 525 g/mol. The van der Waals surface area contributed by atoms with Gasteiger partial charge >= 0.3 is 11.9 Å². The Morgan fingerprint density at radius 2 is 2.12 bits per heavy atom. The molecule has 0 aliphatic carbocycles. The van der Waals surface area contributed by atoms with Crippen LogP contribution in [0.25, 0.3) is 5.57 Å². The molecule has 1 fully saturated rings. The normalized spacial score (nSPS) is 20.1. The number of carboxylic acid groups (broad SMARTS) is 2. The lowest BCUT2D eigenvalue weighted by atomic mass is 10.0. The summed E-state index contributed by atoms with van der Waals surface area (Å²) in [6.45, 7) is 1.82. The lowest BCUT2D eigenvalue weighted by Crippen LogP contribution is -2.70. The summed E-state index contributed by atoms with van der Waals surface area (Å²) >= 11 is 5.08. The fourth-order valence-electron chi connectivity index (χ4n) is 3.29. The molecule has 4 heterocycles. The van der Waals surface area contributed by atoms with Crippen molar-refractivity contribution in [1.82, 2.24) is 25.4 Å². The highest BCUT2D eigenvalue weighted by Gasteiger charge is 2.54. The first-order chi connectivity index (χ1) is 16.2. The number of nitrogens with one attached hydrogen (secondary N) is 1. The predicted molar refractivity (Wildman–Crippen MR) is 127 cm³/mol. The molecule has 0 bridgehead atoms. The summed E-state index contributed by atoms with van der Waals surface area (Å²) in [5.41, 5.74) is 5.85. The van der Waals surface area contributed by atoms with E-state index in [1.807, 2.05) is 6.92 Å². The molecule has 0 aromatic carbocycles. The van der Waals surface area contributed by atoms with Gasteiger partial charge in [0, 0.05) is 23.0 Å². The first-order valence-electron chi connectivity index (χ1n) is 9.45. The Bertz CT molecular complexity index is 1250. The zero-order valence-electron chi connectivity index (χ0n) is 17.3. The van der Waals surface area contributed by atoms with Gasteiger partial charge in [0.2, 0.25) is 0 Å². The molecule has 178 valence electrons. The molecule has 2 aromatic heterocycles. The number of carbonyl (C=O) groups is 4. The van der Waals surface area contributed by atoms with Crippen molar-refractivity contribution in [2.24, 2.45) is 0 Å². The van der Waals surface area contributed by atoms with Crippen molar-refractivity contribution in [3.63, 3.8) is 0 Å². The number of amides is 2. The smallest absolute Gasteiger partial charge is 0.352 e. The van der Waals surface area contributed by atoms with Crippen molar-refractivity contribution in [2.75, 3.05) is 17.2 Å². The molecule has 2 aliphatic heterocycles. The predicted octanol–water partition coefficient (Wildman–Crippen LogP) is 0.884. The third-order valence-electron chi connectivity index (χ3n) is 4.72. The fourth-order valence-corrected chi connectivity index (χ4v) is 7.15. The number of thioether (sulfide) groups is 2. The Morgan fingerprint density at radius 1 is 1.35 bits per heavy atom. The summed E-state index contributed by atoms with van der Waals surface area (Å²) in [5.74, 6) is -3.35. The number of rotatable bonds is 8. The fraction of sp³-hybridized carbons (Fsp3) is 0.278. The molecule has 2 aliphatic rings. The zero-order chi connectivity index (χ0) is 24.6. The van der Waals surface area contributed by atoms with E-state index in [0.29, 0.717) is 27.5 Å². The van der Waals surface area contributed by atoms with E-state index in [-0.39, 0.29) is 22.1 Å². The number of nitrogen functional groups attached to an aromatic ring is 1. The number of carboxylic acids is 2. The molecule has 0 spiro atoms. The van der Waals surface area contributed by atoms with Crippen LogP contribution >= 0.6 is 46.2 Å². The Morgan fingerprint density at radius 3 is 2.71 bits per heavy atom. The van der Waals surface area contributed by atoms with Gasteiger partial charge in [-0.15, -0.1) is 33.3 Å². The standard InChI is InChI=1S/C18H16N6O6S4/c1-6-22-23-18(34-6)33-4-7-3-31-15-11(14(28)24(15)12(7)16(29)30)21-13(27)8(2-10(25)26)9-5-32-17(19)20-9/h2,5,11,15H,3-4H2,1H3,(H2,19,20)(H,21,27)(H,25,26)(H,29,30)/b8-2+. The molecular formula is C18H16N6O6S4. The second-order valence-electron chi connectivity index (χ2n) is 6.96. The number of nitrogens with zero attached hydrogens (tertiary/aromatic N) is 4. The van der Waals surface area contributed by atoms with Crippen LogP contribution in [0, 0.1) is 6.92 Å². The van der Waals surface area contributed by atoms with E-state index in [9.17, 15) is 24.3 Å². The molecule has 2 amide bonds. The van der Waals surface area contributed by atoms with Gasteiger partial charge in [0.05, 0.1) is 11.3 Å². The van der Waals surface area contributed by atoms with Crippen LogP contribution in [-0.4, -0.2) is 77.0 Å². The quantitative estimate of drug-likeness (QED) is 0.210. The largest absolute Gasteiger partial charge is 0.478 e. The van der Waals surface area contributed by atoms with Crippen molar-refractivity contribution in [1.29, 1.82) is 0 Å². The minimum atomic E-state index is -1.37. The van der Waals surface area contributed by atoms with E-state index in [4.69, 9.17) is 10.8 Å². The van der Waals surface area contributed by atoms with E-state index in [2.05, 4.69) is 20.5 Å². The number of carbonyl (C=O) groups excluding carboxylic acids is 2. The highest BCUT2D eigenvalue weighted by Crippen LogP contribution is 2.42. The summed E-state index contributed by atoms with van der Waals surface area (Å²) in [4.78, 5) is 54.0. The first-order valence-corrected chi connectivity index (χ1v) is 13.2. The van der Waals surface area contributed by atoms with Crippen LogP contribution in [0.4, 0.5) is 5.13 Å². The third-order valence-corrected chi connectivity index (χ3v) is 8.80.